The highest BCUT2D eigenvalue weighted by Gasteiger charge is 2.55. The van der Waals surface area contributed by atoms with Crippen molar-refractivity contribution < 1.29 is 24.2 Å². The molecule has 0 aromatic heterocycles. The molecule has 1 amide bonds. The second-order valence-corrected chi connectivity index (χ2v) is 6.26. The fourth-order valence-corrected chi connectivity index (χ4v) is 3.97. The molecule has 2 saturated heterocycles. The van der Waals surface area contributed by atoms with Crippen LogP contribution in [0.25, 0.3) is 0 Å². The Balaban J connectivity index is 1.77. The molecular weight excluding hydrogens is 262 g/mol. The van der Waals surface area contributed by atoms with E-state index in [9.17, 15) is 14.7 Å². The Hall–Kier alpha value is -1.14. The Morgan fingerprint density at radius 1 is 1.15 bits per heavy atom. The zero-order valence-electron chi connectivity index (χ0n) is 11.8. The third-order valence-corrected chi connectivity index (χ3v) is 5.21. The van der Waals surface area contributed by atoms with Crippen molar-refractivity contribution in [1.29, 1.82) is 0 Å². The Morgan fingerprint density at radius 3 is 2.25 bits per heavy atom. The molecule has 3 aliphatic rings. The molecule has 6 heteroatoms. The van der Waals surface area contributed by atoms with Crippen molar-refractivity contribution in [2.24, 2.45) is 11.3 Å². The van der Waals surface area contributed by atoms with Gasteiger partial charge in [-0.05, 0) is 12.8 Å². The van der Waals surface area contributed by atoms with Crippen molar-refractivity contribution >= 4 is 11.9 Å². The van der Waals surface area contributed by atoms with Gasteiger partial charge < -0.3 is 19.5 Å². The van der Waals surface area contributed by atoms with E-state index in [0.717, 1.165) is 25.7 Å². The quantitative estimate of drug-likeness (QED) is 0.772. The Bertz CT molecular complexity index is 419. The average molecular weight is 283 g/mol. The molecule has 2 heterocycles. The molecule has 0 aromatic carbocycles. The first-order chi connectivity index (χ1) is 9.46. The Morgan fingerprint density at radius 2 is 1.75 bits per heavy atom. The normalized spacial score (nSPS) is 31.1. The summed E-state index contributed by atoms with van der Waals surface area (Å²) in [6, 6.07) is 0. The van der Waals surface area contributed by atoms with E-state index in [1.54, 1.807) is 4.90 Å². The van der Waals surface area contributed by atoms with Gasteiger partial charge in [-0.15, -0.1) is 0 Å². The third-order valence-electron chi connectivity index (χ3n) is 5.21. The van der Waals surface area contributed by atoms with Crippen LogP contribution in [0.3, 0.4) is 0 Å². The maximum absolute atomic E-state index is 11.6. The van der Waals surface area contributed by atoms with Crippen molar-refractivity contribution in [2.45, 2.75) is 38.4 Å². The number of likely N-dealkylation sites (tertiary alicyclic amines) is 1. The Kier molecular flexibility index (Phi) is 3.25. The average Bonchev–Trinajstić information content (AvgIpc) is 2.99. The molecule has 1 saturated carbocycles. The number of nitrogens with zero attached hydrogens (tertiary/aromatic N) is 1. The Labute approximate surface area is 118 Å². The largest absolute Gasteiger partial charge is 0.481 e. The first kappa shape index (κ1) is 13.8. The van der Waals surface area contributed by atoms with Crippen LogP contribution in [-0.2, 0) is 19.1 Å². The van der Waals surface area contributed by atoms with Crippen LogP contribution in [-0.4, -0.2) is 54.0 Å². The van der Waals surface area contributed by atoms with Crippen LogP contribution < -0.4 is 0 Å². The van der Waals surface area contributed by atoms with E-state index in [1.165, 1.54) is 6.92 Å². The number of amides is 1. The molecule has 3 rings (SSSR count). The summed E-state index contributed by atoms with van der Waals surface area (Å²) in [4.78, 5) is 24.8. The van der Waals surface area contributed by atoms with Gasteiger partial charge in [-0.2, -0.15) is 0 Å². The van der Waals surface area contributed by atoms with Gasteiger partial charge in [0, 0.05) is 38.3 Å². The minimum atomic E-state index is -0.794. The summed E-state index contributed by atoms with van der Waals surface area (Å²) in [5.74, 6) is -1.79. The van der Waals surface area contributed by atoms with Crippen LogP contribution in [0.1, 0.15) is 32.6 Å². The highest BCUT2D eigenvalue weighted by molar-refractivity contribution is 5.77. The van der Waals surface area contributed by atoms with E-state index >= 15 is 0 Å². The van der Waals surface area contributed by atoms with Crippen molar-refractivity contribution in [2.75, 3.05) is 26.3 Å². The number of carboxylic acid groups (broad SMARTS) is 1. The van der Waals surface area contributed by atoms with Gasteiger partial charge in [0.05, 0.1) is 19.1 Å². The second-order valence-electron chi connectivity index (χ2n) is 6.26. The summed E-state index contributed by atoms with van der Waals surface area (Å²) in [6.07, 6.45) is 2.94. The summed E-state index contributed by atoms with van der Waals surface area (Å²) in [7, 11) is 0. The fourth-order valence-electron chi connectivity index (χ4n) is 3.97. The molecule has 20 heavy (non-hydrogen) atoms. The fraction of sp³-hybridized carbons (Fsp3) is 0.857. The van der Waals surface area contributed by atoms with Gasteiger partial charge in [0.1, 0.15) is 0 Å². The van der Waals surface area contributed by atoms with Crippen LogP contribution in [0, 0.1) is 11.3 Å². The molecule has 2 aliphatic heterocycles. The summed E-state index contributed by atoms with van der Waals surface area (Å²) in [6.45, 7) is 3.63. The predicted octanol–water partition coefficient (Wildman–Crippen LogP) is 0.853. The molecular formula is C14H21NO5. The topological polar surface area (TPSA) is 76.1 Å². The van der Waals surface area contributed by atoms with Crippen molar-refractivity contribution in [3.05, 3.63) is 0 Å². The van der Waals surface area contributed by atoms with Gasteiger partial charge >= 0.3 is 5.97 Å². The number of hydrogen-bond acceptors (Lipinski definition) is 4. The number of carbonyl (C=O) groups excluding carboxylic acids is 1. The van der Waals surface area contributed by atoms with Gasteiger partial charge in [-0.25, -0.2) is 0 Å². The minimum Gasteiger partial charge on any atom is -0.481 e. The summed E-state index contributed by atoms with van der Waals surface area (Å²) in [5.41, 5.74) is -0.307. The SMILES string of the molecule is CC(=O)N1CC(C(=O)O)C2(CCC3(CC2)OCCO3)C1. The molecule has 0 aromatic rings. The predicted molar refractivity (Wildman–Crippen MR) is 68.9 cm³/mol. The summed E-state index contributed by atoms with van der Waals surface area (Å²) in [5, 5.41) is 9.49. The van der Waals surface area contributed by atoms with Gasteiger partial charge in [-0.1, -0.05) is 0 Å². The lowest BCUT2D eigenvalue weighted by Crippen LogP contribution is -2.45. The number of hydrogen-bond donors (Lipinski definition) is 1. The highest BCUT2D eigenvalue weighted by atomic mass is 16.7. The molecule has 6 nitrogen and oxygen atoms in total. The molecule has 0 bridgehead atoms. The standard InChI is InChI=1S/C14H21NO5/c1-10(16)15-8-11(12(17)18)13(9-15)2-4-14(5-3-13)19-6-7-20-14/h11H,2-9H2,1H3,(H,17,18). The van der Waals surface area contributed by atoms with E-state index in [2.05, 4.69) is 0 Å². The lowest BCUT2D eigenvalue weighted by Gasteiger charge is -2.43. The van der Waals surface area contributed by atoms with Gasteiger partial charge in [0.25, 0.3) is 0 Å². The number of carboxylic acids is 1. The van der Waals surface area contributed by atoms with E-state index in [0.29, 0.717) is 26.3 Å². The van der Waals surface area contributed by atoms with E-state index in [1.807, 2.05) is 0 Å². The van der Waals surface area contributed by atoms with Crippen molar-refractivity contribution in [1.82, 2.24) is 4.90 Å². The van der Waals surface area contributed by atoms with Gasteiger partial charge in [-0.3, -0.25) is 9.59 Å². The molecule has 1 atom stereocenters. The molecule has 0 radical (unpaired) electrons. The van der Waals surface area contributed by atoms with Crippen LogP contribution in [0.2, 0.25) is 0 Å². The van der Waals surface area contributed by atoms with Crippen molar-refractivity contribution in [3.63, 3.8) is 0 Å². The number of carbonyl (C=O) groups is 2. The second kappa shape index (κ2) is 4.70. The first-order valence-electron chi connectivity index (χ1n) is 7.23. The lowest BCUT2D eigenvalue weighted by atomic mass is 9.66. The molecule has 2 spiro atoms. The maximum atomic E-state index is 11.6. The van der Waals surface area contributed by atoms with Crippen LogP contribution in [0.4, 0.5) is 0 Å². The molecule has 1 aliphatic carbocycles. The van der Waals surface area contributed by atoms with Gasteiger partial charge in [0.2, 0.25) is 5.91 Å². The molecule has 1 unspecified atom stereocenters. The zero-order valence-corrected chi connectivity index (χ0v) is 11.8. The minimum absolute atomic E-state index is 0.0400. The number of rotatable bonds is 1. The first-order valence-corrected chi connectivity index (χ1v) is 7.23. The monoisotopic (exact) mass is 283 g/mol. The summed E-state index contributed by atoms with van der Waals surface area (Å²) < 4.78 is 11.4. The van der Waals surface area contributed by atoms with Crippen LogP contribution >= 0.6 is 0 Å². The molecule has 112 valence electrons. The van der Waals surface area contributed by atoms with Crippen LogP contribution in [0.5, 0.6) is 0 Å². The third kappa shape index (κ3) is 2.11. The number of aliphatic carboxylic acids is 1. The zero-order chi connectivity index (χ0) is 14.4. The molecule has 3 fully saturated rings. The van der Waals surface area contributed by atoms with E-state index < -0.39 is 17.7 Å². The van der Waals surface area contributed by atoms with Gasteiger partial charge in [0.15, 0.2) is 5.79 Å². The lowest BCUT2D eigenvalue weighted by molar-refractivity contribution is -0.195. The van der Waals surface area contributed by atoms with Crippen molar-refractivity contribution in [3.8, 4) is 0 Å². The highest BCUT2D eigenvalue weighted by Crippen LogP contribution is 2.52. The maximum Gasteiger partial charge on any atom is 0.308 e. The van der Waals surface area contributed by atoms with Crippen LogP contribution in [0.15, 0.2) is 0 Å². The molecule has 1 N–H and O–H groups in total. The smallest absolute Gasteiger partial charge is 0.308 e. The van der Waals surface area contributed by atoms with E-state index in [-0.39, 0.29) is 11.3 Å². The van der Waals surface area contributed by atoms with E-state index in [4.69, 9.17) is 9.47 Å². The number of ether oxygens (including phenoxy) is 2. The summed E-state index contributed by atoms with van der Waals surface area (Å²) >= 11 is 0.